The summed E-state index contributed by atoms with van der Waals surface area (Å²) < 4.78 is 0. The van der Waals surface area contributed by atoms with Crippen LogP contribution in [0.4, 0.5) is 5.69 Å². The van der Waals surface area contributed by atoms with Crippen molar-refractivity contribution < 1.29 is 9.90 Å². The highest BCUT2D eigenvalue weighted by Crippen LogP contribution is 2.22. The molecule has 0 heterocycles. The van der Waals surface area contributed by atoms with E-state index >= 15 is 0 Å². The molecule has 1 atom stereocenters. The molecule has 0 saturated heterocycles. The summed E-state index contributed by atoms with van der Waals surface area (Å²) in [6.07, 6.45) is 0.732. The van der Waals surface area contributed by atoms with E-state index in [2.05, 4.69) is 19.2 Å². The van der Waals surface area contributed by atoms with Crippen molar-refractivity contribution in [1.29, 1.82) is 0 Å². The molecular weight excluding hydrogens is 264 g/mol. The maximum atomic E-state index is 12.4. The van der Waals surface area contributed by atoms with Gasteiger partial charge in [-0.15, -0.1) is 0 Å². The summed E-state index contributed by atoms with van der Waals surface area (Å²) >= 11 is 0. The van der Waals surface area contributed by atoms with Gasteiger partial charge in [-0.1, -0.05) is 38.1 Å². The number of nitrogen functional groups attached to an aromatic ring is 1. The third-order valence-electron chi connectivity index (χ3n) is 3.47. The lowest BCUT2D eigenvalue weighted by atomic mass is 10.0. The molecule has 0 spiro atoms. The van der Waals surface area contributed by atoms with Crippen LogP contribution in [0.5, 0.6) is 0 Å². The number of benzene rings is 2. The van der Waals surface area contributed by atoms with Gasteiger partial charge in [-0.3, -0.25) is 4.79 Å². The number of rotatable bonds is 5. The van der Waals surface area contributed by atoms with Crippen molar-refractivity contribution in [2.75, 3.05) is 12.3 Å². The Balaban J connectivity index is 2.24. The standard InChI is InChI=1S/C17H22N2O2/c1-11(2)7-14(10-20)19-17(21)15-8-12-5-3-4-6-13(12)9-16(15)18/h3-6,8-9,11,14,20H,7,10,18H2,1-2H3,(H,19,21). The van der Waals surface area contributed by atoms with E-state index in [0.29, 0.717) is 17.2 Å². The van der Waals surface area contributed by atoms with E-state index in [1.807, 2.05) is 24.3 Å². The predicted molar refractivity (Wildman–Crippen MR) is 86.2 cm³/mol. The van der Waals surface area contributed by atoms with Gasteiger partial charge < -0.3 is 16.2 Å². The Morgan fingerprint density at radius 3 is 2.43 bits per heavy atom. The molecule has 4 heteroatoms. The SMILES string of the molecule is CC(C)CC(CO)NC(=O)c1cc2ccccc2cc1N. The van der Waals surface area contributed by atoms with Crippen LogP contribution in [0.25, 0.3) is 10.8 Å². The fourth-order valence-electron chi connectivity index (χ4n) is 2.47. The smallest absolute Gasteiger partial charge is 0.253 e. The molecule has 4 nitrogen and oxygen atoms in total. The number of nitrogens with two attached hydrogens (primary N) is 1. The molecule has 21 heavy (non-hydrogen) atoms. The van der Waals surface area contributed by atoms with E-state index < -0.39 is 0 Å². The van der Waals surface area contributed by atoms with Crippen LogP contribution in [0.3, 0.4) is 0 Å². The average Bonchev–Trinajstić information content (AvgIpc) is 2.45. The Morgan fingerprint density at radius 1 is 1.24 bits per heavy atom. The van der Waals surface area contributed by atoms with Crippen molar-refractivity contribution in [3.05, 3.63) is 42.0 Å². The number of carbonyl (C=O) groups excluding carboxylic acids is 1. The largest absolute Gasteiger partial charge is 0.398 e. The number of carbonyl (C=O) groups is 1. The molecule has 0 fully saturated rings. The van der Waals surface area contributed by atoms with Gasteiger partial charge in [0.15, 0.2) is 0 Å². The fraction of sp³-hybridized carbons (Fsp3) is 0.353. The van der Waals surface area contributed by atoms with E-state index in [4.69, 9.17) is 5.73 Å². The first kappa shape index (κ1) is 15.3. The monoisotopic (exact) mass is 286 g/mol. The van der Waals surface area contributed by atoms with Crippen molar-refractivity contribution in [3.63, 3.8) is 0 Å². The third-order valence-corrected chi connectivity index (χ3v) is 3.47. The number of aliphatic hydroxyl groups is 1. The summed E-state index contributed by atoms with van der Waals surface area (Å²) in [6.45, 7) is 4.04. The van der Waals surface area contributed by atoms with Crippen LogP contribution >= 0.6 is 0 Å². The quantitative estimate of drug-likeness (QED) is 0.739. The number of fused-ring (bicyclic) bond motifs is 1. The molecule has 0 aliphatic heterocycles. The molecule has 0 aromatic heterocycles. The van der Waals surface area contributed by atoms with Gasteiger partial charge in [0.05, 0.1) is 18.2 Å². The summed E-state index contributed by atoms with van der Waals surface area (Å²) in [6, 6.07) is 11.1. The summed E-state index contributed by atoms with van der Waals surface area (Å²) in [7, 11) is 0. The highest BCUT2D eigenvalue weighted by molar-refractivity contribution is 6.04. The highest BCUT2D eigenvalue weighted by atomic mass is 16.3. The van der Waals surface area contributed by atoms with Crippen LogP contribution < -0.4 is 11.1 Å². The maximum Gasteiger partial charge on any atom is 0.253 e. The molecule has 2 rings (SSSR count). The molecule has 0 bridgehead atoms. The molecule has 1 amide bonds. The second kappa shape index (κ2) is 6.59. The third kappa shape index (κ3) is 3.73. The zero-order valence-electron chi connectivity index (χ0n) is 12.5. The van der Waals surface area contributed by atoms with Gasteiger partial charge >= 0.3 is 0 Å². The summed E-state index contributed by atoms with van der Waals surface area (Å²) in [4.78, 5) is 12.4. The van der Waals surface area contributed by atoms with Crippen molar-refractivity contribution in [2.24, 2.45) is 5.92 Å². The minimum atomic E-state index is -0.247. The highest BCUT2D eigenvalue weighted by Gasteiger charge is 2.16. The maximum absolute atomic E-state index is 12.4. The van der Waals surface area contributed by atoms with Gasteiger partial charge in [-0.05, 0) is 35.2 Å². The Kier molecular flexibility index (Phi) is 4.81. The zero-order chi connectivity index (χ0) is 15.4. The average molecular weight is 286 g/mol. The van der Waals surface area contributed by atoms with E-state index in [1.54, 1.807) is 12.1 Å². The number of amides is 1. The van der Waals surface area contributed by atoms with Crippen molar-refractivity contribution in [1.82, 2.24) is 5.32 Å². The number of hydrogen-bond donors (Lipinski definition) is 3. The number of nitrogens with one attached hydrogen (secondary N) is 1. The van der Waals surface area contributed by atoms with E-state index in [1.165, 1.54) is 0 Å². The molecule has 2 aromatic carbocycles. The topological polar surface area (TPSA) is 75.3 Å². The van der Waals surface area contributed by atoms with Gasteiger partial charge in [0.25, 0.3) is 5.91 Å². The zero-order valence-corrected chi connectivity index (χ0v) is 12.5. The lowest BCUT2D eigenvalue weighted by Crippen LogP contribution is -2.38. The van der Waals surface area contributed by atoms with Crippen LogP contribution in [-0.2, 0) is 0 Å². The lowest BCUT2D eigenvalue weighted by molar-refractivity contribution is 0.0909. The van der Waals surface area contributed by atoms with E-state index in [9.17, 15) is 9.90 Å². The normalized spacial score (nSPS) is 12.6. The van der Waals surface area contributed by atoms with Crippen LogP contribution in [0, 0.1) is 5.92 Å². The lowest BCUT2D eigenvalue weighted by Gasteiger charge is -2.19. The van der Waals surface area contributed by atoms with Gasteiger partial charge in [-0.25, -0.2) is 0 Å². The number of aliphatic hydroxyl groups excluding tert-OH is 1. The molecule has 112 valence electrons. The fourth-order valence-corrected chi connectivity index (χ4v) is 2.47. The molecule has 0 saturated carbocycles. The van der Waals surface area contributed by atoms with Gasteiger partial charge in [0.1, 0.15) is 0 Å². The number of anilines is 1. The van der Waals surface area contributed by atoms with Crippen molar-refractivity contribution in [2.45, 2.75) is 26.3 Å². The Labute approximate surface area is 125 Å². The van der Waals surface area contributed by atoms with Gasteiger partial charge in [-0.2, -0.15) is 0 Å². The summed E-state index contributed by atoms with van der Waals surface area (Å²) in [5, 5.41) is 14.2. The molecule has 0 radical (unpaired) electrons. The molecule has 1 unspecified atom stereocenters. The molecular formula is C17H22N2O2. The second-order valence-electron chi connectivity index (χ2n) is 5.77. The van der Waals surface area contributed by atoms with Crippen molar-refractivity contribution >= 4 is 22.4 Å². The molecule has 0 aliphatic rings. The first-order valence-electron chi connectivity index (χ1n) is 7.21. The molecule has 0 aliphatic carbocycles. The van der Waals surface area contributed by atoms with Crippen LogP contribution in [-0.4, -0.2) is 23.7 Å². The van der Waals surface area contributed by atoms with Crippen LogP contribution in [0.2, 0.25) is 0 Å². The summed E-state index contributed by atoms with van der Waals surface area (Å²) in [5.74, 6) is 0.161. The number of hydrogen-bond acceptors (Lipinski definition) is 3. The predicted octanol–water partition coefficient (Wildman–Crippen LogP) is 2.56. The first-order valence-corrected chi connectivity index (χ1v) is 7.21. The Hall–Kier alpha value is -2.07. The van der Waals surface area contributed by atoms with Crippen molar-refractivity contribution in [3.8, 4) is 0 Å². The second-order valence-corrected chi connectivity index (χ2v) is 5.77. The Bertz CT molecular complexity index is 638. The van der Waals surface area contributed by atoms with Crippen LogP contribution in [0.1, 0.15) is 30.6 Å². The van der Waals surface area contributed by atoms with E-state index in [-0.39, 0.29) is 18.6 Å². The van der Waals surface area contributed by atoms with Gasteiger partial charge in [0.2, 0.25) is 0 Å². The van der Waals surface area contributed by atoms with Gasteiger partial charge in [0, 0.05) is 5.69 Å². The summed E-state index contributed by atoms with van der Waals surface area (Å²) in [5.41, 5.74) is 6.89. The van der Waals surface area contributed by atoms with E-state index in [0.717, 1.165) is 17.2 Å². The minimum Gasteiger partial charge on any atom is -0.398 e. The molecule has 4 N–H and O–H groups in total. The van der Waals surface area contributed by atoms with Crippen LogP contribution in [0.15, 0.2) is 36.4 Å². The first-order chi connectivity index (χ1) is 10.0. The Morgan fingerprint density at radius 2 is 1.86 bits per heavy atom. The molecule has 2 aromatic rings. The minimum absolute atomic E-state index is 0.0720.